The van der Waals surface area contributed by atoms with Crippen LogP contribution in [0.25, 0.3) is 0 Å². The molecule has 1 amide bonds. The van der Waals surface area contributed by atoms with Gasteiger partial charge in [-0.1, -0.05) is 12.1 Å². The van der Waals surface area contributed by atoms with E-state index in [1.807, 2.05) is 17.0 Å². The van der Waals surface area contributed by atoms with E-state index in [4.69, 9.17) is 9.47 Å². The summed E-state index contributed by atoms with van der Waals surface area (Å²) in [5.74, 6) is 0.114. The lowest BCUT2D eigenvalue weighted by Gasteiger charge is -2.27. The summed E-state index contributed by atoms with van der Waals surface area (Å²) < 4.78 is 10.7. The topological polar surface area (TPSA) is 43.2 Å². The second kappa shape index (κ2) is 7.02. The second-order valence-electron chi connectivity index (χ2n) is 5.64. The number of quaternary nitrogens is 1. The Labute approximate surface area is 125 Å². The third kappa shape index (κ3) is 3.81. The van der Waals surface area contributed by atoms with Gasteiger partial charge in [-0.2, -0.15) is 0 Å². The first-order valence-electron chi connectivity index (χ1n) is 7.70. The van der Waals surface area contributed by atoms with Gasteiger partial charge >= 0.3 is 0 Å². The summed E-state index contributed by atoms with van der Waals surface area (Å²) in [6.45, 7) is 7.51. The van der Waals surface area contributed by atoms with Crippen LogP contribution in [0.2, 0.25) is 0 Å². The Morgan fingerprint density at radius 2 is 1.62 bits per heavy atom. The molecule has 0 aromatic heterocycles. The molecule has 1 aromatic carbocycles. The molecule has 2 aliphatic heterocycles. The number of nitrogens with zero attached hydrogens (tertiary/aromatic N) is 1. The molecule has 3 rings (SSSR count). The molecule has 0 unspecified atom stereocenters. The minimum atomic E-state index is 0.114. The first-order chi connectivity index (χ1) is 10.3. The first-order valence-corrected chi connectivity index (χ1v) is 7.70. The van der Waals surface area contributed by atoms with E-state index in [0.717, 1.165) is 38.4 Å². The van der Waals surface area contributed by atoms with Crippen LogP contribution >= 0.6 is 0 Å². The molecule has 21 heavy (non-hydrogen) atoms. The Morgan fingerprint density at radius 3 is 2.29 bits per heavy atom. The minimum absolute atomic E-state index is 0.114. The maximum Gasteiger partial charge on any atom is 0.254 e. The van der Waals surface area contributed by atoms with Crippen molar-refractivity contribution < 1.29 is 19.2 Å². The molecule has 2 heterocycles. The number of rotatable bonds is 3. The maximum absolute atomic E-state index is 12.3. The molecule has 0 aliphatic carbocycles. The standard InChI is InChI=1S/C16H22N2O3/c19-16(18-7-11-21-12-8-18)15-3-1-14(2-4-15)13-17-5-9-20-10-6-17/h1-4H,5-13H2/p+1. The molecule has 5 nitrogen and oxygen atoms in total. The SMILES string of the molecule is O=C(c1ccc(C[NH+]2CCOCC2)cc1)N1CCOCC1. The van der Waals surface area contributed by atoms with Crippen LogP contribution < -0.4 is 4.90 Å². The van der Waals surface area contributed by atoms with Crippen molar-refractivity contribution in [1.29, 1.82) is 0 Å². The summed E-state index contributed by atoms with van der Waals surface area (Å²) in [7, 11) is 0. The van der Waals surface area contributed by atoms with E-state index in [9.17, 15) is 4.79 Å². The second-order valence-corrected chi connectivity index (χ2v) is 5.64. The molecule has 0 bridgehead atoms. The number of amides is 1. The van der Waals surface area contributed by atoms with Crippen molar-refractivity contribution in [2.24, 2.45) is 0 Å². The van der Waals surface area contributed by atoms with E-state index in [2.05, 4.69) is 12.1 Å². The lowest BCUT2D eigenvalue weighted by atomic mass is 10.1. The zero-order valence-electron chi connectivity index (χ0n) is 12.3. The lowest BCUT2D eigenvalue weighted by Crippen LogP contribution is -3.12. The molecule has 0 saturated carbocycles. The smallest absolute Gasteiger partial charge is 0.254 e. The van der Waals surface area contributed by atoms with Gasteiger partial charge in [0.05, 0.1) is 26.4 Å². The Balaban J connectivity index is 1.59. The average molecular weight is 291 g/mol. The van der Waals surface area contributed by atoms with Gasteiger partial charge in [-0.3, -0.25) is 4.79 Å². The van der Waals surface area contributed by atoms with Crippen LogP contribution in [-0.2, 0) is 16.0 Å². The highest BCUT2D eigenvalue weighted by Crippen LogP contribution is 2.09. The Kier molecular flexibility index (Phi) is 4.85. The predicted molar refractivity (Wildman–Crippen MR) is 78.4 cm³/mol. The Hall–Kier alpha value is -1.43. The zero-order valence-corrected chi connectivity index (χ0v) is 12.3. The lowest BCUT2D eigenvalue weighted by molar-refractivity contribution is -0.921. The highest BCUT2D eigenvalue weighted by atomic mass is 16.5. The van der Waals surface area contributed by atoms with Crippen molar-refractivity contribution in [3.05, 3.63) is 35.4 Å². The van der Waals surface area contributed by atoms with Gasteiger partial charge in [0.25, 0.3) is 5.91 Å². The number of ether oxygens (including phenoxy) is 2. The number of nitrogens with one attached hydrogen (secondary N) is 1. The normalized spacial score (nSPS) is 20.5. The molecule has 114 valence electrons. The van der Waals surface area contributed by atoms with Gasteiger partial charge in [-0.25, -0.2) is 0 Å². The molecule has 5 heteroatoms. The van der Waals surface area contributed by atoms with Gasteiger partial charge < -0.3 is 19.3 Å². The van der Waals surface area contributed by atoms with Gasteiger partial charge in [0.15, 0.2) is 0 Å². The summed E-state index contributed by atoms with van der Waals surface area (Å²) in [5, 5.41) is 0. The first kappa shape index (κ1) is 14.5. The largest absolute Gasteiger partial charge is 0.378 e. The van der Waals surface area contributed by atoms with Crippen LogP contribution in [0.3, 0.4) is 0 Å². The molecular formula is C16H23N2O3+. The van der Waals surface area contributed by atoms with Gasteiger partial charge in [0.2, 0.25) is 0 Å². The quantitative estimate of drug-likeness (QED) is 0.822. The summed E-state index contributed by atoms with van der Waals surface area (Å²) in [5.41, 5.74) is 2.06. The fraction of sp³-hybridized carbons (Fsp3) is 0.562. The number of carbonyl (C=O) groups excluding carboxylic acids is 1. The van der Waals surface area contributed by atoms with Crippen LogP contribution in [0.5, 0.6) is 0 Å². The highest BCUT2D eigenvalue weighted by Gasteiger charge is 2.19. The van der Waals surface area contributed by atoms with Crippen LogP contribution in [0.1, 0.15) is 15.9 Å². The predicted octanol–water partition coefficient (Wildman–Crippen LogP) is -0.426. The van der Waals surface area contributed by atoms with Crippen molar-refractivity contribution in [2.75, 3.05) is 52.6 Å². The third-order valence-electron chi connectivity index (χ3n) is 4.15. The number of morpholine rings is 2. The monoisotopic (exact) mass is 291 g/mol. The van der Waals surface area contributed by atoms with Gasteiger partial charge in [0.1, 0.15) is 19.6 Å². The van der Waals surface area contributed by atoms with Gasteiger partial charge in [-0.05, 0) is 12.1 Å². The number of hydrogen-bond acceptors (Lipinski definition) is 3. The van der Waals surface area contributed by atoms with Gasteiger partial charge in [0, 0.05) is 24.2 Å². The van der Waals surface area contributed by atoms with Crippen molar-refractivity contribution in [2.45, 2.75) is 6.54 Å². The molecule has 2 fully saturated rings. The molecule has 0 spiro atoms. The van der Waals surface area contributed by atoms with E-state index in [-0.39, 0.29) is 5.91 Å². The van der Waals surface area contributed by atoms with Crippen molar-refractivity contribution in [3.8, 4) is 0 Å². The van der Waals surface area contributed by atoms with Crippen molar-refractivity contribution in [3.63, 3.8) is 0 Å². The Morgan fingerprint density at radius 1 is 1.00 bits per heavy atom. The van der Waals surface area contributed by atoms with Crippen LogP contribution in [0.4, 0.5) is 0 Å². The summed E-state index contributed by atoms with van der Waals surface area (Å²) in [4.78, 5) is 15.8. The summed E-state index contributed by atoms with van der Waals surface area (Å²) in [6.07, 6.45) is 0. The Bertz CT molecular complexity index is 463. The molecule has 1 N–H and O–H groups in total. The summed E-state index contributed by atoms with van der Waals surface area (Å²) >= 11 is 0. The molecule has 2 aliphatic rings. The average Bonchev–Trinajstić information content (AvgIpc) is 2.57. The van der Waals surface area contributed by atoms with E-state index in [1.165, 1.54) is 5.56 Å². The molecular weight excluding hydrogens is 268 g/mol. The number of hydrogen-bond donors (Lipinski definition) is 1. The van der Waals surface area contributed by atoms with Crippen molar-refractivity contribution in [1.82, 2.24) is 4.90 Å². The zero-order chi connectivity index (χ0) is 14.5. The van der Waals surface area contributed by atoms with E-state index in [0.29, 0.717) is 26.3 Å². The molecule has 0 radical (unpaired) electrons. The maximum atomic E-state index is 12.3. The third-order valence-corrected chi connectivity index (χ3v) is 4.15. The van der Waals surface area contributed by atoms with E-state index >= 15 is 0 Å². The molecule has 0 atom stereocenters. The molecule has 1 aromatic rings. The number of carbonyl (C=O) groups is 1. The minimum Gasteiger partial charge on any atom is -0.378 e. The van der Waals surface area contributed by atoms with Crippen LogP contribution in [0.15, 0.2) is 24.3 Å². The van der Waals surface area contributed by atoms with Crippen LogP contribution in [0, 0.1) is 0 Å². The van der Waals surface area contributed by atoms with Gasteiger partial charge in [-0.15, -0.1) is 0 Å². The van der Waals surface area contributed by atoms with Crippen molar-refractivity contribution >= 4 is 5.91 Å². The summed E-state index contributed by atoms with van der Waals surface area (Å²) in [6, 6.07) is 8.06. The fourth-order valence-corrected chi connectivity index (χ4v) is 2.84. The van der Waals surface area contributed by atoms with E-state index < -0.39 is 0 Å². The molecule has 2 saturated heterocycles. The number of benzene rings is 1. The highest BCUT2D eigenvalue weighted by molar-refractivity contribution is 5.94. The fourth-order valence-electron chi connectivity index (χ4n) is 2.84. The van der Waals surface area contributed by atoms with E-state index in [1.54, 1.807) is 4.90 Å². The van der Waals surface area contributed by atoms with Crippen LogP contribution in [-0.4, -0.2) is 63.4 Å².